The first kappa shape index (κ1) is 17.3. The molecule has 0 aliphatic carbocycles. The van der Waals surface area contributed by atoms with Gasteiger partial charge in [-0.15, -0.1) is 0 Å². The van der Waals surface area contributed by atoms with Gasteiger partial charge in [0.25, 0.3) is 0 Å². The minimum absolute atomic E-state index is 0.0296. The smallest absolute Gasteiger partial charge is 0.234 e. The van der Waals surface area contributed by atoms with E-state index in [4.69, 9.17) is 0 Å². The second kappa shape index (κ2) is 7.57. The van der Waals surface area contributed by atoms with E-state index >= 15 is 0 Å². The molecule has 0 saturated carbocycles. The number of para-hydroxylation sites is 1. The van der Waals surface area contributed by atoms with Gasteiger partial charge in [0.15, 0.2) is 5.16 Å². The second-order valence-corrected chi connectivity index (χ2v) is 6.96. The Balaban J connectivity index is 1.69. The number of rotatable bonds is 5. The summed E-state index contributed by atoms with van der Waals surface area (Å²) in [6, 6.07) is 14.2. The molecule has 0 aliphatic heterocycles. The van der Waals surface area contributed by atoms with Gasteiger partial charge in [-0.25, -0.2) is 4.98 Å². The van der Waals surface area contributed by atoms with E-state index < -0.39 is 0 Å². The maximum Gasteiger partial charge on any atom is 0.234 e. The molecule has 0 saturated heterocycles. The van der Waals surface area contributed by atoms with E-state index in [1.807, 2.05) is 54.9 Å². The predicted octanol–water partition coefficient (Wildman–Crippen LogP) is 4.53. The van der Waals surface area contributed by atoms with Gasteiger partial charge < -0.3 is 5.32 Å². The lowest BCUT2D eigenvalue weighted by Gasteiger charge is -2.11. The number of carbonyl (C=O) groups is 1. The Morgan fingerprint density at radius 2 is 1.92 bits per heavy atom. The number of aromatic nitrogens is 2. The normalized spacial score (nSPS) is 10.7. The molecule has 0 atom stereocenters. The number of nitrogens with zero attached hydrogens (tertiary/aromatic N) is 2. The van der Waals surface area contributed by atoms with E-state index in [-0.39, 0.29) is 5.91 Å². The van der Waals surface area contributed by atoms with Gasteiger partial charge in [0.1, 0.15) is 0 Å². The molecule has 2 aromatic carbocycles. The zero-order chi connectivity index (χ0) is 17.8. The van der Waals surface area contributed by atoms with Crippen molar-refractivity contribution < 1.29 is 4.79 Å². The number of aryl methyl sites for hydroxylation is 3. The molecule has 0 unspecified atom stereocenters. The number of thioether (sulfide) groups is 1. The SMILES string of the molecule is Cc1ccc(C)c(NC(=O)CSc2nccn2-c2ccccc2C)c1. The quantitative estimate of drug-likeness (QED) is 0.687. The molecule has 1 heterocycles. The molecular weight excluding hydrogens is 330 g/mol. The van der Waals surface area contributed by atoms with Gasteiger partial charge in [-0.1, -0.05) is 42.1 Å². The van der Waals surface area contributed by atoms with Gasteiger partial charge in [0.05, 0.1) is 11.4 Å². The van der Waals surface area contributed by atoms with Crippen LogP contribution in [0.15, 0.2) is 60.0 Å². The van der Waals surface area contributed by atoms with Crippen LogP contribution in [0.5, 0.6) is 0 Å². The summed E-state index contributed by atoms with van der Waals surface area (Å²) in [5.74, 6) is 0.286. The van der Waals surface area contributed by atoms with E-state index in [1.165, 1.54) is 17.3 Å². The number of anilines is 1. The highest BCUT2D eigenvalue weighted by molar-refractivity contribution is 7.99. The molecule has 5 heteroatoms. The molecule has 1 amide bonds. The van der Waals surface area contributed by atoms with Gasteiger partial charge >= 0.3 is 0 Å². The van der Waals surface area contributed by atoms with Crippen LogP contribution in [0.1, 0.15) is 16.7 Å². The summed E-state index contributed by atoms with van der Waals surface area (Å²) < 4.78 is 2.02. The van der Waals surface area contributed by atoms with Gasteiger partial charge in [-0.05, 0) is 49.6 Å². The van der Waals surface area contributed by atoms with Crippen molar-refractivity contribution in [3.8, 4) is 5.69 Å². The van der Waals surface area contributed by atoms with Crippen molar-refractivity contribution in [1.29, 1.82) is 0 Å². The third-order valence-electron chi connectivity index (χ3n) is 3.98. The van der Waals surface area contributed by atoms with Crippen molar-refractivity contribution in [2.45, 2.75) is 25.9 Å². The Labute approximate surface area is 152 Å². The highest BCUT2D eigenvalue weighted by Gasteiger charge is 2.11. The van der Waals surface area contributed by atoms with Crippen LogP contribution in [0.2, 0.25) is 0 Å². The third-order valence-corrected chi connectivity index (χ3v) is 4.95. The zero-order valence-electron chi connectivity index (χ0n) is 14.6. The molecule has 1 aromatic heterocycles. The highest BCUT2D eigenvalue weighted by atomic mass is 32.2. The molecule has 0 fully saturated rings. The molecule has 3 rings (SSSR count). The standard InChI is InChI=1S/C20H21N3OS/c1-14-8-9-15(2)17(12-14)22-19(24)13-25-20-21-10-11-23(20)18-7-5-4-6-16(18)3/h4-12H,13H2,1-3H3,(H,22,24). The summed E-state index contributed by atoms with van der Waals surface area (Å²) in [6.07, 6.45) is 3.69. The topological polar surface area (TPSA) is 46.9 Å². The van der Waals surface area contributed by atoms with Crippen molar-refractivity contribution >= 4 is 23.4 Å². The maximum absolute atomic E-state index is 12.3. The van der Waals surface area contributed by atoms with E-state index in [2.05, 4.69) is 29.4 Å². The van der Waals surface area contributed by atoms with Crippen LogP contribution in [0.4, 0.5) is 5.69 Å². The first-order valence-electron chi connectivity index (χ1n) is 8.14. The Morgan fingerprint density at radius 3 is 2.72 bits per heavy atom. The molecule has 4 nitrogen and oxygen atoms in total. The fraction of sp³-hybridized carbons (Fsp3) is 0.200. The largest absolute Gasteiger partial charge is 0.325 e. The molecule has 3 aromatic rings. The summed E-state index contributed by atoms with van der Waals surface area (Å²) in [5, 5.41) is 3.80. The number of amides is 1. The van der Waals surface area contributed by atoms with Crippen LogP contribution in [-0.2, 0) is 4.79 Å². The van der Waals surface area contributed by atoms with Crippen LogP contribution in [0.25, 0.3) is 5.69 Å². The van der Waals surface area contributed by atoms with Crippen LogP contribution < -0.4 is 5.32 Å². The first-order valence-corrected chi connectivity index (χ1v) is 9.12. The number of carbonyl (C=O) groups excluding carboxylic acids is 1. The maximum atomic E-state index is 12.3. The lowest BCUT2D eigenvalue weighted by Crippen LogP contribution is -2.15. The third kappa shape index (κ3) is 4.12. The molecule has 0 spiro atoms. The lowest BCUT2D eigenvalue weighted by atomic mass is 10.1. The van der Waals surface area contributed by atoms with E-state index in [1.54, 1.807) is 6.20 Å². The fourth-order valence-corrected chi connectivity index (χ4v) is 3.37. The second-order valence-electron chi connectivity index (χ2n) is 6.02. The van der Waals surface area contributed by atoms with E-state index in [0.29, 0.717) is 5.75 Å². The van der Waals surface area contributed by atoms with Crippen LogP contribution in [-0.4, -0.2) is 21.2 Å². The number of nitrogens with one attached hydrogen (secondary N) is 1. The predicted molar refractivity (Wildman–Crippen MR) is 104 cm³/mol. The van der Waals surface area contributed by atoms with Gasteiger partial charge in [-0.2, -0.15) is 0 Å². The molecule has 0 radical (unpaired) electrons. The molecular formula is C20H21N3OS. The summed E-state index contributed by atoms with van der Waals surface area (Å²) >= 11 is 1.43. The van der Waals surface area contributed by atoms with E-state index in [0.717, 1.165) is 27.7 Å². The molecule has 25 heavy (non-hydrogen) atoms. The Kier molecular flexibility index (Phi) is 5.24. The average Bonchev–Trinajstić information content (AvgIpc) is 3.05. The highest BCUT2D eigenvalue weighted by Crippen LogP contribution is 2.23. The number of imidazole rings is 1. The van der Waals surface area contributed by atoms with E-state index in [9.17, 15) is 4.79 Å². The Bertz CT molecular complexity index is 901. The fourth-order valence-electron chi connectivity index (χ4n) is 2.60. The molecule has 1 N–H and O–H groups in total. The van der Waals surface area contributed by atoms with Crippen molar-refractivity contribution in [1.82, 2.24) is 9.55 Å². The number of hydrogen-bond acceptors (Lipinski definition) is 3. The molecule has 0 bridgehead atoms. The Hall–Kier alpha value is -2.53. The van der Waals surface area contributed by atoms with Crippen LogP contribution >= 0.6 is 11.8 Å². The van der Waals surface area contributed by atoms with Gasteiger partial charge in [-0.3, -0.25) is 9.36 Å². The van der Waals surface area contributed by atoms with Crippen LogP contribution in [0, 0.1) is 20.8 Å². The van der Waals surface area contributed by atoms with Crippen LogP contribution in [0.3, 0.4) is 0 Å². The molecule has 0 aliphatic rings. The van der Waals surface area contributed by atoms with Crippen molar-refractivity contribution in [2.75, 3.05) is 11.1 Å². The number of hydrogen-bond donors (Lipinski definition) is 1. The summed E-state index contributed by atoms with van der Waals surface area (Å²) in [5.41, 5.74) is 5.31. The summed E-state index contributed by atoms with van der Waals surface area (Å²) in [4.78, 5) is 16.7. The average molecular weight is 351 g/mol. The lowest BCUT2D eigenvalue weighted by molar-refractivity contribution is -0.113. The monoisotopic (exact) mass is 351 g/mol. The minimum atomic E-state index is -0.0296. The Morgan fingerprint density at radius 1 is 1.12 bits per heavy atom. The zero-order valence-corrected chi connectivity index (χ0v) is 15.4. The molecule has 128 valence electrons. The summed E-state index contributed by atoms with van der Waals surface area (Å²) in [6.45, 7) is 6.08. The minimum Gasteiger partial charge on any atom is -0.325 e. The summed E-state index contributed by atoms with van der Waals surface area (Å²) in [7, 11) is 0. The number of benzene rings is 2. The van der Waals surface area contributed by atoms with Gasteiger partial charge in [0.2, 0.25) is 5.91 Å². The van der Waals surface area contributed by atoms with Crippen molar-refractivity contribution in [3.63, 3.8) is 0 Å². The first-order chi connectivity index (χ1) is 12.0. The van der Waals surface area contributed by atoms with Gasteiger partial charge in [0, 0.05) is 18.1 Å². The van der Waals surface area contributed by atoms with Crippen molar-refractivity contribution in [2.24, 2.45) is 0 Å². The van der Waals surface area contributed by atoms with Crippen molar-refractivity contribution in [3.05, 3.63) is 71.5 Å².